The van der Waals surface area contributed by atoms with Crippen LogP contribution in [0.2, 0.25) is 0 Å². The van der Waals surface area contributed by atoms with Crippen LogP contribution >= 0.6 is 12.2 Å². The summed E-state index contributed by atoms with van der Waals surface area (Å²) in [7, 11) is 0. The summed E-state index contributed by atoms with van der Waals surface area (Å²) in [5.74, 6) is 0. The van der Waals surface area contributed by atoms with Gasteiger partial charge in [0.2, 0.25) is 5.11 Å². The molecule has 6 heteroatoms. The Labute approximate surface area is 110 Å². The van der Waals surface area contributed by atoms with Gasteiger partial charge in [-0.2, -0.15) is 4.59 Å². The van der Waals surface area contributed by atoms with Crippen molar-refractivity contribution in [1.29, 1.82) is 0 Å². The number of hydrazine groups is 1. The van der Waals surface area contributed by atoms with E-state index in [4.69, 9.17) is 18.0 Å². The molecule has 0 aromatic heterocycles. The third kappa shape index (κ3) is 4.06. The van der Waals surface area contributed by atoms with Crippen molar-refractivity contribution in [3.63, 3.8) is 0 Å². The molecule has 100 valence electrons. The topological polar surface area (TPSA) is 62.1 Å². The molecule has 0 spiro atoms. The second kappa shape index (κ2) is 7.10. The largest absolute Gasteiger partial charge is 0.372 e. The maximum atomic E-state index is 5.65. The lowest BCUT2D eigenvalue weighted by atomic mass is 10.0. The fourth-order valence-corrected chi connectivity index (χ4v) is 2.71. The molecule has 0 radical (unpaired) electrons. The highest BCUT2D eigenvalue weighted by molar-refractivity contribution is 7.80. The Morgan fingerprint density at radius 3 is 2.47 bits per heavy atom. The maximum Gasteiger partial charge on any atom is 0.210 e. The Kier molecular flexibility index (Phi) is 6.11. The van der Waals surface area contributed by atoms with Gasteiger partial charge in [0.1, 0.15) is 6.04 Å². The predicted molar refractivity (Wildman–Crippen MR) is 74.4 cm³/mol. The van der Waals surface area contributed by atoms with Crippen molar-refractivity contribution in [2.45, 2.75) is 52.0 Å². The summed E-state index contributed by atoms with van der Waals surface area (Å²) in [6, 6.07) is 0.547. The van der Waals surface area contributed by atoms with Crippen LogP contribution in [0.25, 0.3) is 0 Å². The van der Waals surface area contributed by atoms with Gasteiger partial charge < -0.3 is 5.73 Å². The zero-order valence-corrected chi connectivity index (χ0v) is 11.8. The molecule has 1 unspecified atom stereocenters. The van der Waals surface area contributed by atoms with E-state index in [0.29, 0.717) is 11.2 Å². The molecule has 0 bridgehead atoms. The third-order valence-corrected chi connectivity index (χ3v) is 3.58. The van der Waals surface area contributed by atoms with Gasteiger partial charge in [-0.3, -0.25) is 0 Å². The first-order valence-electron chi connectivity index (χ1n) is 6.54. The molecule has 5 N–H and O–H groups in total. The summed E-state index contributed by atoms with van der Waals surface area (Å²) < 4.78 is 0.718. The van der Waals surface area contributed by atoms with Crippen LogP contribution in [0.4, 0.5) is 0 Å². The zero-order chi connectivity index (χ0) is 12.7. The zero-order valence-electron chi connectivity index (χ0n) is 11.0. The molecule has 1 rings (SSSR count). The highest BCUT2D eigenvalue weighted by Gasteiger charge is 2.39. The van der Waals surface area contributed by atoms with Crippen LogP contribution in [0, 0.1) is 0 Å². The Morgan fingerprint density at radius 2 is 2.00 bits per heavy atom. The smallest absolute Gasteiger partial charge is 0.210 e. The minimum Gasteiger partial charge on any atom is -0.372 e. The quantitative estimate of drug-likeness (QED) is 0.312. The van der Waals surface area contributed by atoms with Gasteiger partial charge in [0.15, 0.2) is 13.3 Å². The molecule has 0 aromatic carbocycles. The van der Waals surface area contributed by atoms with Crippen LogP contribution in [-0.2, 0) is 0 Å². The van der Waals surface area contributed by atoms with Gasteiger partial charge in [-0.15, -0.1) is 0 Å². The number of nitrogens with two attached hydrogens (primary N) is 1. The van der Waals surface area contributed by atoms with E-state index in [1.165, 1.54) is 25.7 Å². The number of nitrogens with one attached hydrogen (secondary N) is 3. The van der Waals surface area contributed by atoms with E-state index in [9.17, 15) is 0 Å². The molecule has 1 heterocycles. The first-order chi connectivity index (χ1) is 8.14. The fraction of sp³-hybridized carbons (Fsp3) is 0.909. The van der Waals surface area contributed by atoms with E-state index < -0.39 is 0 Å². The number of quaternary nitrogens is 1. The van der Waals surface area contributed by atoms with Gasteiger partial charge in [0.05, 0.1) is 0 Å². The van der Waals surface area contributed by atoms with Gasteiger partial charge in [-0.1, -0.05) is 26.7 Å². The van der Waals surface area contributed by atoms with Gasteiger partial charge in [-0.25, -0.2) is 16.3 Å². The SMILES string of the molecule is CCCCCC(CC)[N+]1(NC(N)=S)CNNC1. The monoisotopic (exact) mass is 260 g/mol. The van der Waals surface area contributed by atoms with Crippen LogP contribution in [0.3, 0.4) is 0 Å². The number of hydrogen-bond acceptors (Lipinski definition) is 3. The van der Waals surface area contributed by atoms with Crippen LogP contribution in [-0.4, -0.2) is 29.1 Å². The standard InChI is InChI=1S/C11H25N5S/c1-3-5-6-7-10(4-2)16(15-11(12)17)8-13-14-9-16/h10,13-14H,3-9H2,1-2H3,(H2-,12,15,17)/p+1. The van der Waals surface area contributed by atoms with Crippen LogP contribution in [0.1, 0.15) is 46.0 Å². The van der Waals surface area contributed by atoms with Gasteiger partial charge in [-0.05, 0) is 25.1 Å². The summed E-state index contributed by atoms with van der Waals surface area (Å²) in [6.45, 7) is 6.11. The van der Waals surface area contributed by atoms with Gasteiger partial charge in [0, 0.05) is 6.42 Å². The summed E-state index contributed by atoms with van der Waals surface area (Å²) in [5.41, 5.74) is 15.2. The summed E-state index contributed by atoms with van der Waals surface area (Å²) >= 11 is 5.00. The molecule has 0 aromatic rings. The van der Waals surface area contributed by atoms with E-state index in [0.717, 1.165) is 24.4 Å². The van der Waals surface area contributed by atoms with Crippen molar-refractivity contribution >= 4 is 17.3 Å². The molecular formula is C11H26N5S+. The lowest BCUT2D eigenvalue weighted by molar-refractivity contribution is -0.974. The molecule has 0 saturated carbocycles. The van der Waals surface area contributed by atoms with Gasteiger partial charge >= 0.3 is 0 Å². The average molecular weight is 260 g/mol. The molecule has 1 fully saturated rings. The highest BCUT2D eigenvalue weighted by atomic mass is 32.1. The first-order valence-corrected chi connectivity index (χ1v) is 6.95. The summed E-state index contributed by atoms with van der Waals surface area (Å²) in [6.07, 6.45) is 6.17. The normalized spacial score (nSPS) is 20.1. The number of thiocarbonyl (C=S) groups is 1. The van der Waals surface area contributed by atoms with Crippen molar-refractivity contribution in [2.75, 3.05) is 13.3 Å². The Bertz CT molecular complexity index is 240. The van der Waals surface area contributed by atoms with Crippen molar-refractivity contribution in [3.8, 4) is 0 Å². The first kappa shape index (κ1) is 14.6. The Morgan fingerprint density at radius 1 is 1.35 bits per heavy atom. The maximum absolute atomic E-state index is 5.65. The number of rotatable bonds is 7. The van der Waals surface area contributed by atoms with Crippen LogP contribution in [0.15, 0.2) is 0 Å². The summed E-state index contributed by atoms with van der Waals surface area (Å²) in [5, 5.41) is 0.379. The lowest BCUT2D eigenvalue weighted by Gasteiger charge is -2.38. The minimum atomic E-state index is 0.379. The molecule has 17 heavy (non-hydrogen) atoms. The van der Waals surface area contributed by atoms with Crippen molar-refractivity contribution < 1.29 is 4.59 Å². The molecule has 1 aliphatic heterocycles. The number of unbranched alkanes of at least 4 members (excludes halogenated alkanes) is 2. The molecule has 0 amide bonds. The number of nitrogens with zero attached hydrogens (tertiary/aromatic N) is 1. The summed E-state index contributed by atoms with van der Waals surface area (Å²) in [4.78, 5) is 0. The molecule has 1 atom stereocenters. The van der Waals surface area contributed by atoms with Crippen molar-refractivity contribution in [2.24, 2.45) is 5.73 Å². The second-order valence-electron chi connectivity index (χ2n) is 4.74. The van der Waals surface area contributed by atoms with Crippen LogP contribution in [0.5, 0.6) is 0 Å². The number of hydrogen-bond donors (Lipinski definition) is 4. The van der Waals surface area contributed by atoms with E-state index in [2.05, 4.69) is 30.1 Å². The molecular weight excluding hydrogens is 234 g/mol. The van der Waals surface area contributed by atoms with Crippen molar-refractivity contribution in [1.82, 2.24) is 16.3 Å². The predicted octanol–water partition coefficient (Wildman–Crippen LogP) is 0.933. The van der Waals surface area contributed by atoms with Crippen molar-refractivity contribution in [3.05, 3.63) is 0 Å². The second-order valence-corrected chi connectivity index (χ2v) is 5.18. The highest BCUT2D eigenvalue weighted by Crippen LogP contribution is 2.20. The molecule has 5 nitrogen and oxygen atoms in total. The molecule has 1 aliphatic rings. The molecule has 0 aliphatic carbocycles. The van der Waals surface area contributed by atoms with E-state index in [1.54, 1.807) is 0 Å². The third-order valence-electron chi connectivity index (χ3n) is 3.49. The Balaban J connectivity index is 2.62. The van der Waals surface area contributed by atoms with E-state index in [-0.39, 0.29) is 0 Å². The van der Waals surface area contributed by atoms with Crippen LogP contribution < -0.4 is 22.0 Å². The van der Waals surface area contributed by atoms with Gasteiger partial charge in [0.25, 0.3) is 0 Å². The lowest BCUT2D eigenvalue weighted by Crippen LogP contribution is -2.65. The Hall–Kier alpha value is -0.430. The fourth-order valence-electron chi connectivity index (χ4n) is 2.53. The van der Waals surface area contributed by atoms with E-state index in [1.807, 2.05) is 0 Å². The molecule has 1 saturated heterocycles. The minimum absolute atomic E-state index is 0.379. The van der Waals surface area contributed by atoms with E-state index >= 15 is 0 Å². The average Bonchev–Trinajstić information content (AvgIpc) is 2.73.